The summed E-state index contributed by atoms with van der Waals surface area (Å²) in [6, 6.07) is 11.8. The number of rotatable bonds is 5. The first kappa shape index (κ1) is 18.8. The Morgan fingerprint density at radius 3 is 2.50 bits per heavy atom. The van der Waals surface area contributed by atoms with Gasteiger partial charge in [-0.1, -0.05) is 24.6 Å². The molecular formula is C21H23ClN6. The minimum absolute atomic E-state index is 0.674. The zero-order valence-corrected chi connectivity index (χ0v) is 16.7. The van der Waals surface area contributed by atoms with Crippen molar-refractivity contribution in [3.63, 3.8) is 0 Å². The molecule has 0 aliphatic carbocycles. The summed E-state index contributed by atoms with van der Waals surface area (Å²) in [6.07, 6.45) is 4.36. The molecule has 0 bridgehead atoms. The third-order valence-electron chi connectivity index (χ3n) is 4.89. The zero-order chi connectivity index (χ0) is 19.3. The molecule has 0 unspecified atom stereocenters. The van der Waals surface area contributed by atoms with Crippen molar-refractivity contribution in [2.75, 3.05) is 31.1 Å². The molecule has 3 aromatic heterocycles. The van der Waals surface area contributed by atoms with Gasteiger partial charge in [-0.3, -0.25) is 14.9 Å². The Kier molecular flexibility index (Phi) is 5.78. The molecule has 1 saturated heterocycles. The summed E-state index contributed by atoms with van der Waals surface area (Å²) in [4.78, 5) is 23.0. The van der Waals surface area contributed by atoms with Crippen molar-refractivity contribution in [1.29, 1.82) is 0 Å². The minimum Gasteiger partial charge on any atom is -0.354 e. The molecule has 28 heavy (non-hydrogen) atoms. The Morgan fingerprint density at radius 2 is 1.82 bits per heavy atom. The molecule has 0 atom stereocenters. The quantitative estimate of drug-likeness (QED) is 0.660. The van der Waals surface area contributed by atoms with Crippen molar-refractivity contribution in [2.24, 2.45) is 0 Å². The second-order valence-corrected chi connectivity index (χ2v) is 7.28. The molecular weight excluding hydrogens is 372 g/mol. The van der Waals surface area contributed by atoms with Crippen LogP contribution in [0.2, 0.25) is 5.02 Å². The highest BCUT2D eigenvalue weighted by Crippen LogP contribution is 2.21. The van der Waals surface area contributed by atoms with E-state index in [1.807, 2.05) is 30.3 Å². The first-order valence-corrected chi connectivity index (χ1v) is 9.96. The molecule has 7 heteroatoms. The fraction of sp³-hybridized carbons (Fsp3) is 0.333. The van der Waals surface area contributed by atoms with Gasteiger partial charge >= 0.3 is 0 Å². The normalized spacial score (nSPS) is 15.0. The molecule has 0 amide bonds. The van der Waals surface area contributed by atoms with Crippen LogP contribution in [-0.2, 0) is 13.0 Å². The van der Waals surface area contributed by atoms with Gasteiger partial charge < -0.3 is 4.90 Å². The maximum atomic E-state index is 5.92. The van der Waals surface area contributed by atoms with Gasteiger partial charge in [-0.2, -0.15) is 0 Å². The summed E-state index contributed by atoms with van der Waals surface area (Å²) >= 11 is 5.92. The van der Waals surface area contributed by atoms with Crippen LogP contribution in [0.15, 0.2) is 48.8 Å². The molecule has 0 spiro atoms. The lowest BCUT2D eigenvalue weighted by atomic mass is 10.2. The maximum Gasteiger partial charge on any atom is 0.180 e. The second kappa shape index (κ2) is 8.63. The van der Waals surface area contributed by atoms with Crippen molar-refractivity contribution in [2.45, 2.75) is 19.9 Å². The van der Waals surface area contributed by atoms with Gasteiger partial charge in [-0.05, 0) is 30.7 Å². The van der Waals surface area contributed by atoms with Crippen LogP contribution in [0.1, 0.15) is 18.3 Å². The lowest BCUT2D eigenvalue weighted by molar-refractivity contribution is 0.246. The van der Waals surface area contributed by atoms with E-state index in [2.05, 4.69) is 37.7 Å². The van der Waals surface area contributed by atoms with E-state index in [1.165, 1.54) is 0 Å². The predicted molar refractivity (Wildman–Crippen MR) is 111 cm³/mol. The highest BCUT2D eigenvalue weighted by molar-refractivity contribution is 6.30. The van der Waals surface area contributed by atoms with Crippen LogP contribution in [0.5, 0.6) is 0 Å². The number of anilines is 1. The first-order valence-electron chi connectivity index (χ1n) is 9.58. The molecule has 3 aromatic rings. The van der Waals surface area contributed by atoms with Gasteiger partial charge in [-0.15, -0.1) is 0 Å². The Bertz CT molecular complexity index is 908. The molecule has 1 aliphatic heterocycles. The van der Waals surface area contributed by atoms with E-state index >= 15 is 0 Å². The molecule has 0 aromatic carbocycles. The van der Waals surface area contributed by atoms with Crippen molar-refractivity contribution in [3.8, 4) is 11.5 Å². The number of hydrogen-bond donors (Lipinski definition) is 0. The van der Waals surface area contributed by atoms with Crippen LogP contribution in [0, 0.1) is 0 Å². The molecule has 6 nitrogen and oxygen atoms in total. The first-order chi connectivity index (χ1) is 13.7. The summed E-state index contributed by atoms with van der Waals surface area (Å²) in [5.74, 6) is 1.68. The van der Waals surface area contributed by atoms with Crippen LogP contribution < -0.4 is 4.90 Å². The number of halogens is 1. The van der Waals surface area contributed by atoms with Crippen molar-refractivity contribution in [1.82, 2.24) is 24.8 Å². The summed E-state index contributed by atoms with van der Waals surface area (Å²) in [5.41, 5.74) is 2.90. The lowest BCUT2D eigenvalue weighted by Gasteiger charge is -2.35. The molecule has 1 fully saturated rings. The van der Waals surface area contributed by atoms with E-state index in [-0.39, 0.29) is 0 Å². The average molecular weight is 395 g/mol. The monoisotopic (exact) mass is 394 g/mol. The van der Waals surface area contributed by atoms with Gasteiger partial charge in [0, 0.05) is 56.9 Å². The maximum absolute atomic E-state index is 5.92. The van der Waals surface area contributed by atoms with E-state index in [0.717, 1.165) is 62.0 Å². The Balaban J connectivity index is 1.46. The Labute approximate surface area is 170 Å². The summed E-state index contributed by atoms with van der Waals surface area (Å²) < 4.78 is 0. The van der Waals surface area contributed by atoms with E-state index < -0.39 is 0 Å². The van der Waals surface area contributed by atoms with Gasteiger partial charge in [-0.25, -0.2) is 9.97 Å². The SMILES string of the molecule is CCc1cc(N2CCN(Cc3ccc(Cl)cn3)CC2)nc(-c2ccccn2)n1. The molecule has 0 N–H and O–H groups in total. The van der Waals surface area contributed by atoms with Gasteiger partial charge in [0.1, 0.15) is 11.5 Å². The van der Waals surface area contributed by atoms with Crippen LogP contribution in [0.4, 0.5) is 5.82 Å². The number of aromatic nitrogens is 4. The summed E-state index contributed by atoms with van der Waals surface area (Å²) in [5, 5.41) is 0.674. The van der Waals surface area contributed by atoms with Crippen molar-refractivity contribution >= 4 is 17.4 Å². The fourth-order valence-electron chi connectivity index (χ4n) is 3.30. The minimum atomic E-state index is 0.674. The van der Waals surface area contributed by atoms with Crippen molar-refractivity contribution in [3.05, 3.63) is 65.2 Å². The number of pyridine rings is 2. The predicted octanol–water partition coefficient (Wildman–Crippen LogP) is 3.47. The zero-order valence-electron chi connectivity index (χ0n) is 15.9. The fourth-order valence-corrected chi connectivity index (χ4v) is 3.41. The molecule has 4 heterocycles. The standard InChI is InChI=1S/C21H23ClN6/c1-2-17-13-20(26-21(25-17)19-5-3-4-8-23-19)28-11-9-27(10-12-28)15-18-7-6-16(22)14-24-18/h3-8,13-14H,2,9-12,15H2,1H3. The van der Waals surface area contributed by atoms with E-state index in [1.54, 1.807) is 12.4 Å². The molecule has 0 saturated carbocycles. The summed E-state index contributed by atoms with van der Waals surface area (Å²) in [6.45, 7) is 6.74. The van der Waals surface area contributed by atoms with Gasteiger partial charge in [0.2, 0.25) is 0 Å². The van der Waals surface area contributed by atoms with Gasteiger partial charge in [0.15, 0.2) is 5.82 Å². The number of nitrogens with zero attached hydrogens (tertiary/aromatic N) is 6. The topological polar surface area (TPSA) is 58.0 Å². The average Bonchev–Trinajstić information content (AvgIpc) is 2.76. The highest BCUT2D eigenvalue weighted by atomic mass is 35.5. The lowest BCUT2D eigenvalue weighted by Crippen LogP contribution is -2.46. The van der Waals surface area contributed by atoms with Gasteiger partial charge in [0.05, 0.1) is 10.7 Å². The highest BCUT2D eigenvalue weighted by Gasteiger charge is 2.20. The largest absolute Gasteiger partial charge is 0.354 e. The van der Waals surface area contributed by atoms with Crippen LogP contribution in [0.25, 0.3) is 11.5 Å². The Hall–Kier alpha value is -2.57. The van der Waals surface area contributed by atoms with Crippen LogP contribution in [0.3, 0.4) is 0 Å². The number of hydrogen-bond acceptors (Lipinski definition) is 6. The van der Waals surface area contributed by atoms with E-state index in [4.69, 9.17) is 16.6 Å². The second-order valence-electron chi connectivity index (χ2n) is 6.84. The molecule has 0 radical (unpaired) electrons. The van der Waals surface area contributed by atoms with E-state index in [0.29, 0.717) is 10.8 Å². The number of piperazine rings is 1. The van der Waals surface area contributed by atoms with E-state index in [9.17, 15) is 0 Å². The molecule has 144 valence electrons. The number of aryl methyl sites for hydroxylation is 1. The smallest absolute Gasteiger partial charge is 0.180 e. The third kappa shape index (κ3) is 4.46. The van der Waals surface area contributed by atoms with Crippen LogP contribution >= 0.6 is 11.6 Å². The van der Waals surface area contributed by atoms with Gasteiger partial charge in [0.25, 0.3) is 0 Å². The van der Waals surface area contributed by atoms with Crippen molar-refractivity contribution < 1.29 is 0 Å². The summed E-state index contributed by atoms with van der Waals surface area (Å²) in [7, 11) is 0. The van der Waals surface area contributed by atoms with Crippen LogP contribution in [-0.4, -0.2) is 51.0 Å². The molecule has 1 aliphatic rings. The molecule has 4 rings (SSSR count). The third-order valence-corrected chi connectivity index (χ3v) is 5.12. The Morgan fingerprint density at radius 1 is 0.964 bits per heavy atom.